The summed E-state index contributed by atoms with van der Waals surface area (Å²) in [5.41, 5.74) is 6.00. The molecule has 0 radical (unpaired) electrons. The first-order valence-corrected chi connectivity index (χ1v) is 8.58. The molecule has 0 aliphatic carbocycles. The summed E-state index contributed by atoms with van der Waals surface area (Å²) in [6.45, 7) is 0. The number of rotatable bonds is 5. The van der Waals surface area contributed by atoms with Crippen LogP contribution in [0.25, 0.3) is 0 Å². The lowest BCUT2D eigenvalue weighted by Gasteiger charge is -2.12. The molecular weight excluding hydrogens is 390 g/mol. The molecule has 0 aliphatic rings. The van der Waals surface area contributed by atoms with E-state index in [9.17, 15) is 9.59 Å². The van der Waals surface area contributed by atoms with Gasteiger partial charge >= 0.3 is 0 Å². The van der Waals surface area contributed by atoms with E-state index in [-0.39, 0.29) is 17.4 Å². The molecule has 0 spiro atoms. The quantitative estimate of drug-likeness (QED) is 0.520. The molecule has 0 aromatic heterocycles. The lowest BCUT2D eigenvalue weighted by atomic mass is 10.1. The Balaban J connectivity index is 1.84. The minimum Gasteiger partial charge on any atom is -0.493 e. The van der Waals surface area contributed by atoms with Crippen LogP contribution in [0, 0.1) is 0 Å². The molecule has 0 atom stereocenters. The van der Waals surface area contributed by atoms with E-state index in [0.29, 0.717) is 22.1 Å². The van der Waals surface area contributed by atoms with Crippen LogP contribution >= 0.6 is 23.8 Å². The first-order valence-electron chi connectivity index (χ1n) is 7.79. The number of benzene rings is 2. The van der Waals surface area contributed by atoms with E-state index in [1.165, 1.54) is 20.3 Å². The highest BCUT2D eigenvalue weighted by Crippen LogP contribution is 2.27. The number of carbonyl (C=O) groups excluding carboxylic acids is 2. The molecule has 2 amide bonds. The zero-order valence-corrected chi connectivity index (χ0v) is 16.2. The fourth-order valence-electron chi connectivity index (χ4n) is 2.15. The van der Waals surface area contributed by atoms with E-state index >= 15 is 0 Å². The average molecular weight is 408 g/mol. The molecular formula is C18H18ClN3O4S. The van der Waals surface area contributed by atoms with Crippen molar-refractivity contribution in [1.29, 1.82) is 0 Å². The van der Waals surface area contributed by atoms with Gasteiger partial charge in [-0.25, -0.2) is 0 Å². The Kier molecular flexibility index (Phi) is 7.39. The van der Waals surface area contributed by atoms with Crippen LogP contribution < -0.4 is 25.6 Å². The fraction of sp³-hybridized carbons (Fsp3) is 0.167. The van der Waals surface area contributed by atoms with Crippen LogP contribution in [0.3, 0.4) is 0 Å². The number of hydrogen-bond acceptors (Lipinski definition) is 5. The highest BCUT2D eigenvalue weighted by atomic mass is 35.5. The summed E-state index contributed by atoms with van der Waals surface area (Å²) < 4.78 is 10.3. The van der Waals surface area contributed by atoms with Crippen molar-refractivity contribution in [2.24, 2.45) is 0 Å². The lowest BCUT2D eigenvalue weighted by Crippen LogP contribution is -2.48. The molecule has 0 fully saturated rings. The van der Waals surface area contributed by atoms with Gasteiger partial charge in [-0.2, -0.15) is 0 Å². The number of thiocarbonyl (C=S) groups is 1. The Morgan fingerprint density at radius 3 is 2.30 bits per heavy atom. The summed E-state index contributed by atoms with van der Waals surface area (Å²) in [6, 6.07) is 11.6. The fourth-order valence-corrected chi connectivity index (χ4v) is 2.44. The third-order valence-corrected chi connectivity index (χ3v) is 3.92. The van der Waals surface area contributed by atoms with Crippen LogP contribution in [0.15, 0.2) is 42.5 Å². The Hall–Kier alpha value is -2.84. The molecule has 0 aliphatic heterocycles. The summed E-state index contributed by atoms with van der Waals surface area (Å²) in [5.74, 6) is 0.149. The number of amides is 2. The predicted molar refractivity (Wildman–Crippen MR) is 106 cm³/mol. The van der Waals surface area contributed by atoms with Crippen molar-refractivity contribution in [3.05, 3.63) is 58.6 Å². The van der Waals surface area contributed by atoms with Crippen molar-refractivity contribution in [3.63, 3.8) is 0 Å². The van der Waals surface area contributed by atoms with E-state index in [1.54, 1.807) is 36.4 Å². The minimum atomic E-state index is -0.453. The zero-order chi connectivity index (χ0) is 19.8. The van der Waals surface area contributed by atoms with Crippen LogP contribution in [0.5, 0.6) is 11.5 Å². The average Bonchev–Trinajstić information content (AvgIpc) is 2.67. The second-order valence-corrected chi connectivity index (χ2v) is 6.17. The Morgan fingerprint density at radius 2 is 1.67 bits per heavy atom. The van der Waals surface area contributed by atoms with E-state index < -0.39 is 5.91 Å². The van der Waals surface area contributed by atoms with Gasteiger partial charge in [-0.3, -0.25) is 20.4 Å². The maximum absolute atomic E-state index is 12.2. The van der Waals surface area contributed by atoms with Crippen molar-refractivity contribution < 1.29 is 19.1 Å². The van der Waals surface area contributed by atoms with Gasteiger partial charge in [0.05, 0.1) is 20.6 Å². The maximum atomic E-state index is 12.2. The zero-order valence-electron chi connectivity index (χ0n) is 14.7. The number of ether oxygens (including phenoxy) is 2. The minimum absolute atomic E-state index is 0.0252. The molecule has 3 N–H and O–H groups in total. The van der Waals surface area contributed by atoms with Crippen molar-refractivity contribution in [1.82, 2.24) is 16.2 Å². The van der Waals surface area contributed by atoms with Gasteiger partial charge in [-0.05, 0) is 48.1 Å². The van der Waals surface area contributed by atoms with Gasteiger partial charge in [0.25, 0.3) is 5.91 Å². The smallest absolute Gasteiger partial charge is 0.269 e. The first-order chi connectivity index (χ1) is 12.9. The van der Waals surface area contributed by atoms with Gasteiger partial charge < -0.3 is 14.8 Å². The molecule has 9 heteroatoms. The van der Waals surface area contributed by atoms with Crippen molar-refractivity contribution >= 4 is 40.7 Å². The molecule has 2 aromatic rings. The number of carbonyl (C=O) groups is 2. The number of hydrogen-bond donors (Lipinski definition) is 3. The maximum Gasteiger partial charge on any atom is 0.269 e. The second-order valence-electron chi connectivity index (χ2n) is 5.33. The Bertz CT molecular complexity index is 843. The van der Waals surface area contributed by atoms with E-state index in [0.717, 1.165) is 5.56 Å². The lowest BCUT2D eigenvalue weighted by molar-refractivity contribution is -0.119. The molecule has 0 unspecified atom stereocenters. The van der Waals surface area contributed by atoms with E-state index in [4.69, 9.17) is 33.3 Å². The van der Waals surface area contributed by atoms with E-state index in [2.05, 4.69) is 16.2 Å². The molecule has 142 valence electrons. The molecule has 2 aromatic carbocycles. The van der Waals surface area contributed by atoms with Crippen LogP contribution in [0.2, 0.25) is 5.02 Å². The Labute approximate surface area is 167 Å². The molecule has 27 heavy (non-hydrogen) atoms. The van der Waals surface area contributed by atoms with Crippen LogP contribution in [-0.2, 0) is 11.2 Å². The summed E-state index contributed by atoms with van der Waals surface area (Å²) in [7, 11) is 2.98. The number of hydrazine groups is 1. The van der Waals surface area contributed by atoms with Gasteiger partial charge in [-0.1, -0.05) is 23.7 Å². The third kappa shape index (κ3) is 6.12. The molecule has 2 rings (SSSR count). The monoisotopic (exact) mass is 407 g/mol. The van der Waals surface area contributed by atoms with Crippen molar-refractivity contribution in [3.8, 4) is 11.5 Å². The third-order valence-electron chi connectivity index (χ3n) is 3.47. The van der Waals surface area contributed by atoms with Gasteiger partial charge in [0, 0.05) is 10.6 Å². The topological polar surface area (TPSA) is 88.7 Å². The molecule has 0 saturated heterocycles. The molecule has 0 saturated carbocycles. The van der Waals surface area contributed by atoms with Gasteiger partial charge in [-0.15, -0.1) is 0 Å². The SMILES string of the molecule is COc1ccc(C(=O)NNC(=S)NC(=O)Cc2ccc(Cl)cc2)cc1OC. The summed E-state index contributed by atoms with van der Waals surface area (Å²) in [5, 5.41) is 3.05. The summed E-state index contributed by atoms with van der Waals surface area (Å²) in [6.07, 6.45) is 0.128. The normalized spacial score (nSPS) is 9.89. The van der Waals surface area contributed by atoms with Gasteiger partial charge in [0.15, 0.2) is 16.6 Å². The second kappa shape index (κ2) is 9.75. The summed E-state index contributed by atoms with van der Waals surface area (Å²) >= 11 is 10.8. The van der Waals surface area contributed by atoms with Crippen LogP contribution in [0.1, 0.15) is 15.9 Å². The van der Waals surface area contributed by atoms with Crippen molar-refractivity contribution in [2.45, 2.75) is 6.42 Å². The summed E-state index contributed by atoms with van der Waals surface area (Å²) in [4.78, 5) is 24.1. The van der Waals surface area contributed by atoms with Crippen LogP contribution in [-0.4, -0.2) is 31.1 Å². The Morgan fingerprint density at radius 1 is 1.00 bits per heavy atom. The number of halogens is 1. The van der Waals surface area contributed by atoms with Gasteiger partial charge in [0.1, 0.15) is 0 Å². The largest absolute Gasteiger partial charge is 0.493 e. The highest BCUT2D eigenvalue weighted by Gasteiger charge is 2.12. The van der Waals surface area contributed by atoms with Crippen LogP contribution in [0.4, 0.5) is 0 Å². The first kappa shape index (κ1) is 20.5. The molecule has 7 nitrogen and oxygen atoms in total. The molecule has 0 bridgehead atoms. The highest BCUT2D eigenvalue weighted by molar-refractivity contribution is 7.80. The predicted octanol–water partition coefficient (Wildman–Crippen LogP) is 2.24. The molecule has 0 heterocycles. The number of nitrogens with one attached hydrogen (secondary N) is 3. The van der Waals surface area contributed by atoms with E-state index in [1.807, 2.05) is 0 Å². The van der Waals surface area contributed by atoms with Crippen molar-refractivity contribution in [2.75, 3.05) is 14.2 Å². The standard InChI is InChI=1S/C18H18ClN3O4S/c1-25-14-8-5-12(10-15(14)26-2)17(24)21-22-18(27)20-16(23)9-11-3-6-13(19)7-4-11/h3-8,10H,9H2,1-2H3,(H,21,24)(H2,20,22,23,27). The number of methoxy groups -OCH3 is 2. The van der Waals surface area contributed by atoms with Gasteiger partial charge in [0.2, 0.25) is 5.91 Å².